The second-order valence-corrected chi connectivity index (χ2v) is 5.17. The van der Waals surface area contributed by atoms with Crippen LogP contribution in [0, 0.1) is 11.8 Å². The topological polar surface area (TPSA) is 115 Å². The van der Waals surface area contributed by atoms with E-state index in [1.165, 1.54) is 0 Å². The molecule has 0 amide bonds. The van der Waals surface area contributed by atoms with Crippen molar-refractivity contribution in [2.24, 2.45) is 11.8 Å². The molecule has 0 aromatic rings. The van der Waals surface area contributed by atoms with E-state index in [1.807, 2.05) is 13.8 Å². The molecule has 7 heteroatoms. The van der Waals surface area contributed by atoms with Gasteiger partial charge in [0, 0.05) is 40.4 Å². The zero-order valence-electron chi connectivity index (χ0n) is 16.9. The molecule has 0 fully saturated rings. The van der Waals surface area contributed by atoms with Gasteiger partial charge in [-0.3, -0.25) is 9.59 Å². The van der Waals surface area contributed by atoms with Crippen molar-refractivity contribution in [3.63, 3.8) is 0 Å². The van der Waals surface area contributed by atoms with Crippen LogP contribution in [0.15, 0.2) is 0 Å². The van der Waals surface area contributed by atoms with Crippen LogP contribution in [0.4, 0.5) is 0 Å². The predicted octanol–water partition coefficient (Wildman–Crippen LogP) is 3.79. The maximum absolute atomic E-state index is 10.4. The van der Waals surface area contributed by atoms with Gasteiger partial charge in [-0.25, -0.2) is 0 Å². The number of rotatable bonds is 10. The molecule has 152 valence electrons. The number of unbranched alkanes of at least 4 members (excludes halogenated alkanes) is 2. The van der Waals surface area contributed by atoms with Crippen molar-refractivity contribution in [2.75, 3.05) is 14.2 Å². The van der Waals surface area contributed by atoms with Crippen LogP contribution in [0.2, 0.25) is 0 Å². The minimum absolute atomic E-state index is 0. The summed E-state index contributed by atoms with van der Waals surface area (Å²) in [7, 11) is 2.00. The maximum Gasteiger partial charge on any atom is 0.306 e. The number of hydrogen-bond acceptors (Lipinski definition) is 4. The van der Waals surface area contributed by atoms with Crippen molar-refractivity contribution in [1.82, 2.24) is 0 Å². The van der Waals surface area contributed by atoms with Crippen molar-refractivity contribution >= 4 is 11.9 Å². The summed E-state index contributed by atoms with van der Waals surface area (Å²) in [5, 5.41) is 31.2. The molecule has 0 heterocycles. The number of hydrogen-bond donors (Lipinski definition) is 4. The normalized spacial score (nSPS) is 10.9. The van der Waals surface area contributed by atoms with Gasteiger partial charge >= 0.3 is 11.9 Å². The molecule has 0 bridgehead atoms. The summed E-state index contributed by atoms with van der Waals surface area (Å²) >= 11 is 0. The zero-order valence-corrected chi connectivity index (χ0v) is 19.4. The Morgan fingerprint density at radius 2 is 0.920 bits per heavy atom. The van der Waals surface area contributed by atoms with E-state index in [0.29, 0.717) is 0 Å². The van der Waals surface area contributed by atoms with Gasteiger partial charge in [0.05, 0.1) is 11.8 Å². The summed E-state index contributed by atoms with van der Waals surface area (Å²) in [5.41, 5.74) is 0. The van der Waals surface area contributed by atoms with E-state index >= 15 is 0 Å². The standard InChI is InChI=1S/2C8H16O2.2CH4O.Zr/c2*1-3-5-6-7(4-2)8(9)10;2*1-2;/h2*7H,3-6H2,1-2H3,(H,9,10);2*2H,1H3;. The molecule has 25 heavy (non-hydrogen) atoms. The second-order valence-electron chi connectivity index (χ2n) is 5.17. The Morgan fingerprint density at radius 1 is 0.680 bits per heavy atom. The molecule has 2 atom stereocenters. The van der Waals surface area contributed by atoms with Gasteiger partial charge in [-0.1, -0.05) is 53.4 Å². The molecular formula is C18H40O6Zr. The van der Waals surface area contributed by atoms with Crippen LogP contribution in [0.5, 0.6) is 0 Å². The molecule has 0 saturated heterocycles. The molecular weight excluding hydrogens is 403 g/mol. The number of aliphatic hydroxyl groups excluding tert-OH is 2. The van der Waals surface area contributed by atoms with Gasteiger partial charge in [-0.05, 0) is 25.7 Å². The fraction of sp³-hybridized carbons (Fsp3) is 0.889. The minimum atomic E-state index is -0.643. The Balaban J connectivity index is -0.0000000858. The number of carbonyl (C=O) groups is 2. The van der Waals surface area contributed by atoms with Crippen LogP contribution in [-0.4, -0.2) is 46.6 Å². The molecule has 2 unspecified atom stereocenters. The smallest absolute Gasteiger partial charge is 0.306 e. The van der Waals surface area contributed by atoms with E-state index < -0.39 is 11.9 Å². The Hall–Kier alpha value is -0.257. The van der Waals surface area contributed by atoms with Crippen molar-refractivity contribution < 1.29 is 56.2 Å². The molecule has 0 radical (unpaired) electrons. The summed E-state index contributed by atoms with van der Waals surface area (Å²) in [6, 6.07) is 0. The summed E-state index contributed by atoms with van der Waals surface area (Å²) in [6.07, 6.45) is 7.43. The summed E-state index contributed by atoms with van der Waals surface area (Å²) in [5.74, 6) is -1.51. The molecule has 0 aliphatic rings. The molecule has 0 aliphatic carbocycles. The molecule has 0 aromatic carbocycles. The Bertz CT molecular complexity index is 236. The van der Waals surface area contributed by atoms with Crippen LogP contribution < -0.4 is 0 Å². The van der Waals surface area contributed by atoms with Crippen molar-refractivity contribution in [3.05, 3.63) is 0 Å². The van der Waals surface area contributed by atoms with Crippen LogP contribution in [0.1, 0.15) is 79.1 Å². The zero-order chi connectivity index (χ0) is 20.0. The largest absolute Gasteiger partial charge is 0.481 e. The van der Waals surface area contributed by atoms with E-state index in [-0.39, 0.29) is 38.0 Å². The molecule has 0 rings (SSSR count). The predicted molar refractivity (Wildman–Crippen MR) is 98.2 cm³/mol. The van der Waals surface area contributed by atoms with Gasteiger partial charge in [-0.15, -0.1) is 0 Å². The van der Waals surface area contributed by atoms with E-state index in [4.69, 9.17) is 20.4 Å². The molecule has 6 nitrogen and oxygen atoms in total. The Morgan fingerprint density at radius 3 is 1.04 bits per heavy atom. The van der Waals surface area contributed by atoms with E-state index in [2.05, 4.69) is 13.8 Å². The number of carboxylic acids is 2. The van der Waals surface area contributed by atoms with E-state index in [0.717, 1.165) is 65.6 Å². The Labute approximate surface area is 173 Å². The van der Waals surface area contributed by atoms with Crippen molar-refractivity contribution in [2.45, 2.75) is 79.1 Å². The van der Waals surface area contributed by atoms with Gasteiger partial charge < -0.3 is 20.4 Å². The number of carboxylic acid groups (broad SMARTS) is 2. The SMILES string of the molecule is CCCCC(CC)C(=O)O.CCCCC(CC)C(=O)O.CO.CO.[Zr]. The molecule has 4 N–H and O–H groups in total. The molecule has 0 saturated carbocycles. The first-order chi connectivity index (χ1) is 11.4. The maximum atomic E-state index is 10.4. The number of aliphatic hydroxyl groups is 2. The molecule has 0 spiro atoms. The van der Waals surface area contributed by atoms with Crippen LogP contribution >= 0.6 is 0 Å². The monoisotopic (exact) mass is 442 g/mol. The number of aliphatic carboxylic acids is 2. The van der Waals surface area contributed by atoms with Crippen molar-refractivity contribution in [3.8, 4) is 0 Å². The molecule has 0 aliphatic heterocycles. The van der Waals surface area contributed by atoms with Crippen molar-refractivity contribution in [1.29, 1.82) is 0 Å². The average molecular weight is 444 g/mol. The Kier molecular flexibility index (Phi) is 45.1. The summed E-state index contributed by atoms with van der Waals surface area (Å²) in [6.45, 7) is 8.01. The van der Waals surface area contributed by atoms with E-state index in [9.17, 15) is 9.59 Å². The second kappa shape index (κ2) is 31.5. The summed E-state index contributed by atoms with van der Waals surface area (Å²) < 4.78 is 0. The van der Waals surface area contributed by atoms with Gasteiger partial charge in [0.1, 0.15) is 0 Å². The first-order valence-corrected chi connectivity index (χ1v) is 8.79. The quantitative estimate of drug-likeness (QED) is 0.408. The first kappa shape index (κ1) is 35.8. The van der Waals surface area contributed by atoms with Gasteiger partial charge in [-0.2, -0.15) is 0 Å². The van der Waals surface area contributed by atoms with Gasteiger partial charge in [0.25, 0.3) is 0 Å². The van der Waals surface area contributed by atoms with E-state index in [1.54, 1.807) is 0 Å². The minimum Gasteiger partial charge on any atom is -0.481 e. The fourth-order valence-electron chi connectivity index (χ4n) is 1.91. The van der Waals surface area contributed by atoms with Crippen LogP contribution in [0.25, 0.3) is 0 Å². The average Bonchev–Trinajstić information content (AvgIpc) is 2.60. The third kappa shape index (κ3) is 28.8. The molecule has 0 aromatic heterocycles. The third-order valence-electron chi connectivity index (χ3n) is 3.50. The van der Waals surface area contributed by atoms with Gasteiger partial charge in [0.2, 0.25) is 0 Å². The van der Waals surface area contributed by atoms with Gasteiger partial charge in [0.15, 0.2) is 0 Å². The third-order valence-corrected chi connectivity index (χ3v) is 3.50. The first-order valence-electron chi connectivity index (χ1n) is 8.79. The summed E-state index contributed by atoms with van der Waals surface area (Å²) in [4.78, 5) is 20.9. The fourth-order valence-corrected chi connectivity index (χ4v) is 1.91. The van der Waals surface area contributed by atoms with Crippen LogP contribution in [0.3, 0.4) is 0 Å². The van der Waals surface area contributed by atoms with Crippen LogP contribution in [-0.2, 0) is 35.8 Å².